The van der Waals surface area contributed by atoms with E-state index < -0.39 is 0 Å². The van der Waals surface area contributed by atoms with Gasteiger partial charge in [0.1, 0.15) is 5.75 Å². The summed E-state index contributed by atoms with van der Waals surface area (Å²) in [6.45, 7) is 2.56. The van der Waals surface area contributed by atoms with Gasteiger partial charge >= 0.3 is 0 Å². The summed E-state index contributed by atoms with van der Waals surface area (Å²) < 4.78 is 17.6. The molecule has 3 aliphatic heterocycles. The summed E-state index contributed by atoms with van der Waals surface area (Å²) in [5.41, 5.74) is 2.55. The predicted molar refractivity (Wildman–Crippen MR) is 95.3 cm³/mol. The molecule has 0 saturated carbocycles. The van der Waals surface area contributed by atoms with Crippen molar-refractivity contribution in [3.05, 3.63) is 53.6 Å². The van der Waals surface area contributed by atoms with Crippen molar-refractivity contribution >= 4 is 0 Å². The summed E-state index contributed by atoms with van der Waals surface area (Å²) in [6.07, 6.45) is 4.99. The molecule has 130 valence electrons. The van der Waals surface area contributed by atoms with Crippen LogP contribution in [0.15, 0.2) is 42.5 Å². The minimum absolute atomic E-state index is 0.137. The summed E-state index contributed by atoms with van der Waals surface area (Å²) in [6, 6.07) is 14.9. The van der Waals surface area contributed by atoms with E-state index in [2.05, 4.69) is 41.3 Å². The van der Waals surface area contributed by atoms with Gasteiger partial charge < -0.3 is 14.2 Å². The maximum absolute atomic E-state index is 6.44. The van der Waals surface area contributed by atoms with E-state index in [9.17, 15) is 0 Å². The molecule has 3 heterocycles. The Morgan fingerprint density at radius 2 is 1.60 bits per heavy atom. The zero-order chi connectivity index (χ0) is 16.6. The molecule has 2 atom stereocenters. The molecule has 5 rings (SSSR count). The quantitative estimate of drug-likeness (QED) is 0.824. The van der Waals surface area contributed by atoms with Crippen molar-refractivity contribution in [2.45, 2.75) is 37.8 Å². The first-order valence-corrected chi connectivity index (χ1v) is 9.28. The highest BCUT2D eigenvalue weighted by Gasteiger charge is 2.35. The predicted octanol–water partition coefficient (Wildman–Crippen LogP) is 4.14. The fourth-order valence-corrected chi connectivity index (χ4v) is 4.27. The minimum Gasteiger partial charge on any atom is -0.475 e. The van der Waals surface area contributed by atoms with Crippen molar-refractivity contribution in [3.8, 4) is 17.2 Å². The van der Waals surface area contributed by atoms with Crippen LogP contribution in [0.3, 0.4) is 0 Å². The zero-order valence-electron chi connectivity index (χ0n) is 14.3. The fourth-order valence-electron chi connectivity index (χ4n) is 4.27. The van der Waals surface area contributed by atoms with Gasteiger partial charge in [-0.15, -0.1) is 0 Å². The van der Waals surface area contributed by atoms with Gasteiger partial charge in [0.25, 0.3) is 0 Å². The third-order valence-corrected chi connectivity index (χ3v) is 5.58. The highest BCUT2D eigenvalue weighted by molar-refractivity contribution is 5.55. The second-order valence-electron chi connectivity index (χ2n) is 7.11. The molecular weight excluding hydrogens is 314 g/mol. The van der Waals surface area contributed by atoms with Crippen LogP contribution in [0, 0.1) is 0 Å². The van der Waals surface area contributed by atoms with E-state index in [1.807, 2.05) is 6.07 Å². The van der Waals surface area contributed by atoms with E-state index >= 15 is 0 Å². The third-order valence-electron chi connectivity index (χ3n) is 5.58. The number of nitrogens with zero attached hydrogens (tertiary/aromatic N) is 1. The lowest BCUT2D eigenvalue weighted by Crippen LogP contribution is -2.45. The summed E-state index contributed by atoms with van der Waals surface area (Å²) in [7, 11) is 0. The van der Waals surface area contributed by atoms with Gasteiger partial charge in [-0.3, -0.25) is 4.90 Å². The zero-order valence-corrected chi connectivity index (χ0v) is 14.3. The lowest BCUT2D eigenvalue weighted by molar-refractivity contribution is -0.00600. The highest BCUT2D eigenvalue weighted by atomic mass is 16.7. The topological polar surface area (TPSA) is 30.9 Å². The van der Waals surface area contributed by atoms with Gasteiger partial charge in [0.05, 0.1) is 0 Å². The molecule has 0 amide bonds. The van der Waals surface area contributed by atoms with E-state index in [1.54, 1.807) is 0 Å². The van der Waals surface area contributed by atoms with Crippen molar-refractivity contribution in [1.82, 2.24) is 4.90 Å². The minimum atomic E-state index is 0.137. The first-order valence-electron chi connectivity index (χ1n) is 9.28. The summed E-state index contributed by atoms with van der Waals surface area (Å²) in [5, 5.41) is 0. The molecule has 4 nitrogen and oxygen atoms in total. The van der Waals surface area contributed by atoms with E-state index in [0.29, 0.717) is 12.7 Å². The van der Waals surface area contributed by atoms with Gasteiger partial charge in [-0.2, -0.15) is 0 Å². The molecule has 25 heavy (non-hydrogen) atoms. The molecule has 2 aromatic carbocycles. The van der Waals surface area contributed by atoms with Gasteiger partial charge in [-0.25, -0.2) is 0 Å². The molecule has 0 N–H and O–H groups in total. The van der Waals surface area contributed by atoms with Crippen LogP contribution >= 0.6 is 0 Å². The molecule has 1 saturated heterocycles. The van der Waals surface area contributed by atoms with Crippen LogP contribution in [0.4, 0.5) is 0 Å². The highest BCUT2D eigenvalue weighted by Crippen LogP contribution is 2.47. The van der Waals surface area contributed by atoms with Crippen LogP contribution in [0.25, 0.3) is 0 Å². The van der Waals surface area contributed by atoms with Crippen LogP contribution in [0.2, 0.25) is 0 Å². The van der Waals surface area contributed by atoms with Gasteiger partial charge in [0.2, 0.25) is 6.79 Å². The Morgan fingerprint density at radius 1 is 0.840 bits per heavy atom. The van der Waals surface area contributed by atoms with Crippen molar-refractivity contribution < 1.29 is 14.2 Å². The molecule has 4 heteroatoms. The maximum atomic E-state index is 6.44. The van der Waals surface area contributed by atoms with Crippen LogP contribution in [0.5, 0.6) is 17.2 Å². The Bertz CT molecular complexity index is 755. The number of hydrogen-bond donors (Lipinski definition) is 0. The number of hydrogen-bond acceptors (Lipinski definition) is 4. The van der Waals surface area contributed by atoms with Crippen molar-refractivity contribution in [2.24, 2.45) is 0 Å². The fraction of sp³-hybridized carbons (Fsp3) is 0.429. The lowest BCUT2D eigenvalue weighted by Gasteiger charge is -2.40. The van der Waals surface area contributed by atoms with E-state index in [4.69, 9.17) is 14.2 Å². The van der Waals surface area contributed by atoms with Crippen molar-refractivity contribution in [3.63, 3.8) is 0 Å². The Hall–Kier alpha value is -2.20. The number of piperidine rings is 1. The van der Waals surface area contributed by atoms with Crippen LogP contribution in [-0.4, -0.2) is 31.0 Å². The molecule has 0 radical (unpaired) electrons. The Labute approximate surface area is 148 Å². The molecule has 0 bridgehead atoms. The number of rotatable bonds is 2. The average Bonchev–Trinajstić information content (AvgIpc) is 3.14. The summed E-state index contributed by atoms with van der Waals surface area (Å²) >= 11 is 0. The first kappa shape index (κ1) is 15.1. The van der Waals surface area contributed by atoms with Crippen molar-refractivity contribution in [1.29, 1.82) is 0 Å². The Balaban J connectivity index is 1.55. The van der Waals surface area contributed by atoms with Gasteiger partial charge in [0, 0.05) is 37.1 Å². The molecule has 2 aromatic rings. The average molecular weight is 337 g/mol. The lowest BCUT2D eigenvalue weighted by atomic mass is 9.85. The van der Waals surface area contributed by atoms with Crippen LogP contribution in [-0.2, 0) is 0 Å². The number of benzene rings is 2. The molecule has 0 spiro atoms. The van der Waals surface area contributed by atoms with E-state index in [1.165, 1.54) is 30.4 Å². The molecule has 0 unspecified atom stereocenters. The van der Waals surface area contributed by atoms with Gasteiger partial charge in [-0.1, -0.05) is 36.8 Å². The second-order valence-corrected chi connectivity index (χ2v) is 7.11. The monoisotopic (exact) mass is 337 g/mol. The number of fused-ring (bicyclic) bond motifs is 2. The summed E-state index contributed by atoms with van der Waals surface area (Å²) in [5.74, 6) is 2.90. The normalized spacial score (nSPS) is 25.3. The van der Waals surface area contributed by atoms with Gasteiger partial charge in [0.15, 0.2) is 17.7 Å². The second kappa shape index (κ2) is 6.26. The molecule has 0 aliphatic carbocycles. The Morgan fingerprint density at radius 3 is 2.40 bits per heavy atom. The largest absolute Gasteiger partial charge is 0.475 e. The smallest absolute Gasteiger partial charge is 0.231 e. The number of ether oxygens (including phenoxy) is 3. The Kier molecular flexibility index (Phi) is 3.78. The molecular formula is C21H23NO3. The van der Waals surface area contributed by atoms with E-state index in [-0.39, 0.29) is 6.23 Å². The van der Waals surface area contributed by atoms with E-state index in [0.717, 1.165) is 36.8 Å². The molecule has 1 fully saturated rings. The summed E-state index contributed by atoms with van der Waals surface area (Å²) in [4.78, 5) is 2.51. The van der Waals surface area contributed by atoms with Gasteiger partial charge in [-0.05, 0) is 24.5 Å². The van der Waals surface area contributed by atoms with Crippen LogP contribution in [0.1, 0.15) is 42.7 Å². The standard InChI is InChI=1S/C21H23NO3/c1-3-7-15(8-4-1)16-12-21(22-9-5-2-6-10-22)25-18-13-20-19(11-17(16)18)23-14-24-20/h1,3-4,7-8,11,13,16,21H,2,5-6,9-10,12,14H2/t16-,21+/m0/s1. The number of likely N-dealkylation sites (tertiary alicyclic amines) is 1. The van der Waals surface area contributed by atoms with Crippen LogP contribution < -0.4 is 14.2 Å². The SMILES string of the molecule is c1ccc([C@@H]2C[C@H](N3CCCCC3)Oc3cc4c(cc32)OCO4)cc1. The third kappa shape index (κ3) is 2.74. The molecule has 3 aliphatic rings. The maximum Gasteiger partial charge on any atom is 0.231 e. The molecule has 0 aromatic heterocycles. The van der Waals surface area contributed by atoms with Crippen molar-refractivity contribution in [2.75, 3.05) is 19.9 Å². The first-order chi connectivity index (χ1) is 12.4.